The van der Waals surface area contributed by atoms with Gasteiger partial charge in [-0.25, -0.2) is 9.98 Å². The third-order valence-electron chi connectivity index (χ3n) is 5.78. The molecule has 222 valence electrons. The van der Waals surface area contributed by atoms with Crippen molar-refractivity contribution in [2.45, 2.75) is 78.1 Å². The summed E-state index contributed by atoms with van der Waals surface area (Å²) < 4.78 is 57.7. The largest absolute Gasteiger partial charge is 0.476 e. The Morgan fingerprint density at radius 3 is 2.55 bits per heavy atom. The van der Waals surface area contributed by atoms with Crippen molar-refractivity contribution in [1.82, 2.24) is 9.55 Å². The van der Waals surface area contributed by atoms with Crippen LogP contribution in [-0.2, 0) is 31.9 Å². The van der Waals surface area contributed by atoms with Crippen molar-refractivity contribution < 1.29 is 32.2 Å². The summed E-state index contributed by atoms with van der Waals surface area (Å²) in [6.07, 6.45) is 9.17. The minimum Gasteiger partial charge on any atom is -0.476 e. The molecule has 0 amide bonds. The molecular weight excluding hydrogens is 539 g/mol. The van der Waals surface area contributed by atoms with Crippen LogP contribution in [0.15, 0.2) is 47.5 Å². The Labute approximate surface area is 237 Å². The number of hydrogen-bond donors (Lipinski definition) is 0. The van der Waals surface area contributed by atoms with Crippen molar-refractivity contribution in [2.75, 3.05) is 20.3 Å². The number of rotatable bonds is 16. The Kier molecular flexibility index (Phi) is 13.6. The first-order chi connectivity index (χ1) is 18.5. The van der Waals surface area contributed by atoms with Crippen LogP contribution in [0.3, 0.4) is 0 Å². The summed E-state index contributed by atoms with van der Waals surface area (Å²) in [5, 5.41) is 0. The predicted molar refractivity (Wildman–Crippen MR) is 154 cm³/mol. The van der Waals surface area contributed by atoms with E-state index in [9.17, 15) is 18.0 Å². The zero-order valence-corrected chi connectivity index (χ0v) is 25.6. The number of carbonyl (C=O) groups is 1. The Morgan fingerprint density at radius 1 is 1.32 bits per heavy atom. The summed E-state index contributed by atoms with van der Waals surface area (Å²) in [4.78, 5) is 20.0. The number of alkyl halides is 3. The van der Waals surface area contributed by atoms with Crippen LogP contribution < -0.4 is 0 Å². The Bertz CT molecular complexity index is 1120. The summed E-state index contributed by atoms with van der Waals surface area (Å²) in [5.41, 5.74) is -1.22. The van der Waals surface area contributed by atoms with Crippen LogP contribution in [0.1, 0.15) is 51.0 Å². The number of terminal acetylenes is 1. The number of aliphatic imine (C=N–C) groups is 1. The number of allylic oxidation sites excluding steroid dienone is 4. The maximum atomic E-state index is 13.4. The topological polar surface area (TPSA) is 74.9 Å². The molecule has 0 aromatic carbocycles. The average Bonchev–Trinajstić information content (AvgIpc) is 3.31. The van der Waals surface area contributed by atoms with Gasteiger partial charge in [0, 0.05) is 45.0 Å². The summed E-state index contributed by atoms with van der Waals surface area (Å²) in [6.45, 7) is 16.0. The first-order valence-electron chi connectivity index (χ1n) is 13.0. The third kappa shape index (κ3) is 12.4. The minimum atomic E-state index is -4.56. The van der Waals surface area contributed by atoms with Crippen LogP contribution in [0.5, 0.6) is 0 Å². The summed E-state index contributed by atoms with van der Waals surface area (Å²) in [6, 6.07) is 0.909. The Balaban J connectivity index is 2.93. The van der Waals surface area contributed by atoms with Gasteiger partial charge in [0.1, 0.15) is 19.2 Å². The second-order valence-corrected chi connectivity index (χ2v) is 16.9. The Morgan fingerprint density at radius 2 is 2.00 bits per heavy atom. The molecule has 1 aromatic rings. The number of carbonyl (C=O) groups excluding carboxylic acids is 1. The standard InChI is InChI=1S/C29H42F3N3O4Si/c1-10-12-25(39-20-28(4,5)27(36)37-6)33-16-15-23(11-2)14-13-22(3)26-34-24(29(30,31)32)19-35(26)21-38-17-18-40(7,8)9/h2,10,12,14,16,19,22H,1,13,15,17-18,20-21H2,3-9H3/b23-14+,25-12+,33-16-/t22-/m0/s1. The van der Waals surface area contributed by atoms with E-state index in [0.717, 1.165) is 12.2 Å². The van der Waals surface area contributed by atoms with Gasteiger partial charge in [-0.3, -0.25) is 4.79 Å². The van der Waals surface area contributed by atoms with Crippen molar-refractivity contribution in [3.8, 4) is 12.3 Å². The van der Waals surface area contributed by atoms with E-state index in [4.69, 9.17) is 20.6 Å². The molecule has 1 atom stereocenters. The van der Waals surface area contributed by atoms with Crippen molar-refractivity contribution in [1.29, 1.82) is 0 Å². The van der Waals surface area contributed by atoms with Crippen molar-refractivity contribution in [2.24, 2.45) is 10.4 Å². The minimum absolute atomic E-state index is 0.00317. The highest BCUT2D eigenvalue weighted by atomic mass is 28.3. The van der Waals surface area contributed by atoms with Gasteiger partial charge in [-0.05, 0) is 32.4 Å². The van der Waals surface area contributed by atoms with Crippen LogP contribution in [-0.4, -0.2) is 50.1 Å². The molecule has 0 saturated carbocycles. The van der Waals surface area contributed by atoms with E-state index in [1.807, 2.05) is 0 Å². The molecule has 0 unspecified atom stereocenters. The van der Waals surface area contributed by atoms with Crippen LogP contribution in [0.2, 0.25) is 25.7 Å². The molecule has 0 radical (unpaired) electrons. The van der Waals surface area contributed by atoms with Gasteiger partial charge in [-0.1, -0.05) is 51.2 Å². The summed E-state index contributed by atoms with van der Waals surface area (Å²) in [5.74, 6) is 2.35. The fourth-order valence-electron chi connectivity index (χ4n) is 3.28. The smallest absolute Gasteiger partial charge is 0.434 e. The van der Waals surface area contributed by atoms with Gasteiger partial charge >= 0.3 is 12.1 Å². The van der Waals surface area contributed by atoms with Gasteiger partial charge in [-0.2, -0.15) is 13.2 Å². The van der Waals surface area contributed by atoms with E-state index in [1.54, 1.807) is 39.1 Å². The molecule has 11 heteroatoms. The molecule has 0 aliphatic carbocycles. The SMILES string of the molecule is C#C/C(=C\C[C@H](C)c1nc(C(F)(F)F)cn1COCC[Si](C)(C)C)C/C=N\C(=C/C=C)OCC(C)(C)C(=O)OC. The Hall–Kier alpha value is -3.10. The van der Waals surface area contributed by atoms with Crippen molar-refractivity contribution >= 4 is 20.3 Å². The molecule has 40 heavy (non-hydrogen) atoms. The van der Waals surface area contributed by atoms with Gasteiger partial charge in [0.15, 0.2) is 5.69 Å². The molecule has 0 aliphatic rings. The number of ether oxygens (including phenoxy) is 3. The van der Waals surface area contributed by atoms with Crippen LogP contribution in [0.4, 0.5) is 13.2 Å². The molecule has 0 spiro atoms. The lowest BCUT2D eigenvalue weighted by molar-refractivity contribution is -0.153. The lowest BCUT2D eigenvalue weighted by Gasteiger charge is -2.21. The maximum Gasteiger partial charge on any atom is 0.434 e. The number of methoxy groups -OCH3 is 1. The van der Waals surface area contributed by atoms with Gasteiger partial charge < -0.3 is 18.8 Å². The quantitative estimate of drug-likeness (QED) is 0.0401. The molecule has 0 fully saturated rings. The van der Waals surface area contributed by atoms with E-state index in [1.165, 1.54) is 17.8 Å². The van der Waals surface area contributed by atoms with Crippen LogP contribution >= 0.6 is 0 Å². The first-order valence-corrected chi connectivity index (χ1v) is 16.7. The molecule has 1 rings (SSSR count). The second kappa shape index (κ2) is 15.6. The van der Waals surface area contributed by atoms with Gasteiger partial charge in [0.2, 0.25) is 5.88 Å². The molecule has 1 heterocycles. The average molecular weight is 582 g/mol. The number of halogens is 3. The van der Waals surface area contributed by atoms with Crippen LogP contribution in [0.25, 0.3) is 0 Å². The number of aromatic nitrogens is 2. The fourth-order valence-corrected chi connectivity index (χ4v) is 4.04. The highest BCUT2D eigenvalue weighted by Gasteiger charge is 2.35. The predicted octanol–water partition coefficient (Wildman–Crippen LogP) is 6.97. The van der Waals surface area contributed by atoms with E-state index in [2.05, 4.69) is 42.1 Å². The molecular formula is C29H42F3N3O4Si. The van der Waals surface area contributed by atoms with Crippen molar-refractivity contribution in [3.05, 3.63) is 54.0 Å². The summed E-state index contributed by atoms with van der Waals surface area (Å²) in [7, 11) is -0.0211. The summed E-state index contributed by atoms with van der Waals surface area (Å²) >= 11 is 0. The van der Waals surface area contributed by atoms with E-state index in [0.29, 0.717) is 25.0 Å². The van der Waals surface area contributed by atoms with Gasteiger partial charge in [0.25, 0.3) is 0 Å². The zero-order chi connectivity index (χ0) is 30.6. The molecule has 0 N–H and O–H groups in total. The van der Waals surface area contributed by atoms with E-state index < -0.39 is 31.3 Å². The monoisotopic (exact) mass is 581 g/mol. The molecule has 0 aliphatic heterocycles. The number of imidazole rings is 1. The van der Waals surface area contributed by atoms with Gasteiger partial charge in [-0.15, -0.1) is 6.42 Å². The fraction of sp³-hybridized carbons (Fsp3) is 0.552. The normalized spacial score (nSPS) is 14.2. The number of esters is 1. The molecule has 0 saturated heterocycles. The van der Waals surface area contributed by atoms with E-state index in [-0.39, 0.29) is 31.0 Å². The maximum absolute atomic E-state index is 13.4. The molecule has 1 aromatic heterocycles. The number of nitrogens with zero attached hydrogens (tertiary/aromatic N) is 3. The van der Waals surface area contributed by atoms with Crippen LogP contribution in [0, 0.1) is 17.8 Å². The third-order valence-corrected chi connectivity index (χ3v) is 7.48. The first kappa shape index (κ1) is 34.9. The lowest BCUT2D eigenvalue weighted by atomic mass is 9.95. The lowest BCUT2D eigenvalue weighted by Crippen LogP contribution is -2.30. The highest BCUT2D eigenvalue weighted by molar-refractivity contribution is 6.76. The molecule has 0 bridgehead atoms. The van der Waals surface area contributed by atoms with E-state index >= 15 is 0 Å². The zero-order valence-electron chi connectivity index (χ0n) is 24.6. The highest BCUT2D eigenvalue weighted by Crippen LogP contribution is 2.31. The van der Waals surface area contributed by atoms with Crippen molar-refractivity contribution in [3.63, 3.8) is 0 Å². The number of hydrogen-bond acceptors (Lipinski definition) is 6. The van der Waals surface area contributed by atoms with Gasteiger partial charge in [0.05, 0.1) is 12.5 Å². The molecule has 7 nitrogen and oxygen atoms in total. The second-order valence-electron chi connectivity index (χ2n) is 11.2.